The Labute approximate surface area is 90.4 Å². The van der Waals surface area contributed by atoms with Crippen molar-refractivity contribution >= 4 is 11.1 Å². The molecule has 0 heterocycles. The predicted octanol–water partition coefficient (Wildman–Crippen LogP) is 0.898. The first-order chi connectivity index (χ1) is 7.17. The minimum Gasteiger partial charge on any atom is -0.223 e. The maximum atomic E-state index is 11.1. The highest BCUT2D eigenvalue weighted by molar-refractivity contribution is 7.80. The van der Waals surface area contributed by atoms with Crippen LogP contribution in [0.25, 0.3) is 0 Å². The highest BCUT2D eigenvalue weighted by Crippen LogP contribution is 2.09. The van der Waals surface area contributed by atoms with E-state index in [0.717, 1.165) is 10.3 Å². The quantitative estimate of drug-likeness (QED) is 0.601. The van der Waals surface area contributed by atoms with Gasteiger partial charge in [-0.05, 0) is 19.1 Å². The molecule has 0 aromatic heterocycles. The average Bonchev–Trinajstić information content (AvgIpc) is 2.29. The van der Waals surface area contributed by atoms with Crippen molar-refractivity contribution in [2.24, 2.45) is 5.90 Å². The van der Waals surface area contributed by atoms with Gasteiger partial charge in [-0.3, -0.25) is 0 Å². The molecule has 0 aliphatic rings. The Morgan fingerprint density at radius 1 is 1.40 bits per heavy atom. The van der Waals surface area contributed by atoms with Crippen LogP contribution in [0, 0.1) is 4.91 Å². The first-order valence-electron chi connectivity index (χ1n) is 4.47. The van der Waals surface area contributed by atoms with Gasteiger partial charge < -0.3 is 0 Å². The van der Waals surface area contributed by atoms with Gasteiger partial charge in [-0.15, -0.1) is 0 Å². The maximum Gasteiger partial charge on any atom is 0.217 e. The van der Waals surface area contributed by atoms with E-state index in [9.17, 15) is 9.12 Å². The molecule has 0 spiro atoms. The van der Waals surface area contributed by atoms with Crippen molar-refractivity contribution in [1.29, 1.82) is 0 Å². The molecule has 15 heavy (non-hydrogen) atoms. The summed E-state index contributed by atoms with van der Waals surface area (Å²) < 4.78 is 16.2. The lowest BCUT2D eigenvalue weighted by molar-refractivity contribution is -0.561. The van der Waals surface area contributed by atoms with E-state index in [1.807, 2.05) is 0 Å². The lowest BCUT2D eigenvalue weighted by Crippen LogP contribution is -2.07. The summed E-state index contributed by atoms with van der Waals surface area (Å²) in [6.07, 6.45) is 0. The Bertz CT molecular complexity index is 364. The molecule has 0 fully saturated rings. The van der Waals surface area contributed by atoms with Crippen LogP contribution >= 0.6 is 0 Å². The number of nitroso groups, excluding NO2 is 1. The number of nitrogens with two attached hydrogens (primary N) is 1. The van der Waals surface area contributed by atoms with Gasteiger partial charge >= 0.3 is 0 Å². The number of hydrogen-bond donors (Lipinski definition) is 1. The van der Waals surface area contributed by atoms with Gasteiger partial charge in [-0.1, -0.05) is 12.1 Å². The van der Waals surface area contributed by atoms with E-state index in [-0.39, 0.29) is 0 Å². The second kappa shape index (κ2) is 5.69. The van der Waals surface area contributed by atoms with Crippen molar-refractivity contribution in [1.82, 2.24) is 0 Å². The summed E-state index contributed by atoms with van der Waals surface area (Å²) in [6, 6.07) is 6.71. The molecule has 0 aliphatic carbocycles. The Morgan fingerprint density at radius 2 is 2.00 bits per heavy atom. The Kier molecular flexibility index (Phi) is 4.54. The van der Waals surface area contributed by atoms with E-state index < -0.39 is 11.1 Å². The van der Waals surface area contributed by atoms with Gasteiger partial charge in [0.1, 0.15) is 0 Å². The van der Waals surface area contributed by atoms with Gasteiger partial charge in [0.2, 0.25) is 17.6 Å². The fraction of sp³-hybridized carbons (Fsp3) is 0.333. The summed E-state index contributed by atoms with van der Waals surface area (Å²) in [5.74, 6) is 4.79. The van der Waals surface area contributed by atoms with Crippen molar-refractivity contribution in [2.75, 3.05) is 6.54 Å². The van der Waals surface area contributed by atoms with Crippen LogP contribution in [0.3, 0.4) is 0 Å². The minimum atomic E-state index is -1.63. The standard InChI is InChI=1S/C9H13N2O3S/c1-2-11(12)7-8-3-5-9(6-4-8)15(13)14-10/h3-6H,2,7,10H2,1H3/q+1. The lowest BCUT2D eigenvalue weighted by atomic mass is 10.2. The zero-order valence-corrected chi connectivity index (χ0v) is 9.20. The second-order valence-corrected chi connectivity index (χ2v) is 4.06. The molecule has 1 aromatic carbocycles. The fourth-order valence-corrected chi connectivity index (χ4v) is 1.55. The van der Waals surface area contributed by atoms with E-state index >= 15 is 0 Å². The third-order valence-corrected chi connectivity index (χ3v) is 2.75. The summed E-state index contributed by atoms with van der Waals surface area (Å²) in [6.45, 7) is 2.56. The first kappa shape index (κ1) is 12.0. The Balaban J connectivity index is 2.72. The molecule has 0 amide bonds. The van der Waals surface area contributed by atoms with Crippen molar-refractivity contribution in [3.05, 3.63) is 34.7 Å². The molecular weight excluding hydrogens is 216 g/mol. The van der Waals surface area contributed by atoms with Crippen LogP contribution in [0.4, 0.5) is 0 Å². The van der Waals surface area contributed by atoms with Crippen LogP contribution < -0.4 is 5.90 Å². The minimum absolute atomic E-state index is 0.326. The molecule has 82 valence electrons. The zero-order valence-electron chi connectivity index (χ0n) is 8.38. The third kappa shape index (κ3) is 3.50. The molecule has 1 rings (SSSR count). The number of rotatable bonds is 5. The predicted molar refractivity (Wildman–Crippen MR) is 56.0 cm³/mol. The molecule has 2 N–H and O–H groups in total. The van der Waals surface area contributed by atoms with Gasteiger partial charge in [0, 0.05) is 15.2 Å². The van der Waals surface area contributed by atoms with Crippen LogP contribution in [-0.4, -0.2) is 15.5 Å². The van der Waals surface area contributed by atoms with Crippen LogP contribution in [0.2, 0.25) is 0 Å². The van der Waals surface area contributed by atoms with Crippen molar-refractivity contribution in [2.45, 2.75) is 18.4 Å². The molecular formula is C9H13N2O3S+. The van der Waals surface area contributed by atoms with Crippen LogP contribution in [0.1, 0.15) is 12.5 Å². The zero-order chi connectivity index (χ0) is 11.3. The van der Waals surface area contributed by atoms with E-state index in [0.29, 0.717) is 18.0 Å². The Hall–Kier alpha value is -1.11. The van der Waals surface area contributed by atoms with Gasteiger partial charge in [-0.2, -0.15) is 10.2 Å². The molecule has 5 nitrogen and oxygen atoms in total. The average molecular weight is 229 g/mol. The highest BCUT2D eigenvalue weighted by Gasteiger charge is 2.08. The molecule has 1 aromatic rings. The number of benzene rings is 1. The van der Waals surface area contributed by atoms with E-state index in [1.165, 1.54) is 0 Å². The molecule has 1 atom stereocenters. The van der Waals surface area contributed by atoms with Crippen molar-refractivity contribution in [3.63, 3.8) is 0 Å². The first-order valence-corrected chi connectivity index (χ1v) is 5.55. The summed E-state index contributed by atoms with van der Waals surface area (Å²) in [5, 5.41) is 0. The van der Waals surface area contributed by atoms with E-state index in [1.54, 1.807) is 31.2 Å². The lowest BCUT2D eigenvalue weighted by Gasteiger charge is -1.98. The summed E-state index contributed by atoms with van der Waals surface area (Å²) in [5.41, 5.74) is 0.865. The van der Waals surface area contributed by atoms with Crippen LogP contribution in [0.15, 0.2) is 29.2 Å². The smallest absolute Gasteiger partial charge is 0.217 e. The molecule has 0 bridgehead atoms. The number of nitrogens with zero attached hydrogens (tertiary/aromatic N) is 1. The molecule has 1 unspecified atom stereocenters. The topological polar surface area (TPSA) is 72.4 Å². The SMILES string of the molecule is CC[N+](=O)Cc1ccc(S(=O)ON)cc1. The van der Waals surface area contributed by atoms with E-state index in [4.69, 9.17) is 5.90 Å². The van der Waals surface area contributed by atoms with Gasteiger partial charge in [0.05, 0.1) is 4.90 Å². The van der Waals surface area contributed by atoms with Crippen LogP contribution in [0.5, 0.6) is 0 Å². The van der Waals surface area contributed by atoms with Crippen molar-refractivity contribution < 1.29 is 13.3 Å². The molecule has 0 aliphatic heterocycles. The molecule has 6 heteroatoms. The molecule has 0 saturated heterocycles. The normalized spacial score (nSPS) is 12.4. The van der Waals surface area contributed by atoms with Gasteiger partial charge in [0.25, 0.3) is 0 Å². The third-order valence-electron chi connectivity index (χ3n) is 1.91. The fourth-order valence-electron chi connectivity index (χ4n) is 1.08. The molecule has 0 radical (unpaired) electrons. The van der Waals surface area contributed by atoms with E-state index in [2.05, 4.69) is 4.28 Å². The van der Waals surface area contributed by atoms with Gasteiger partial charge in [0.15, 0.2) is 6.54 Å². The van der Waals surface area contributed by atoms with Crippen molar-refractivity contribution in [3.8, 4) is 0 Å². The maximum absolute atomic E-state index is 11.1. The monoisotopic (exact) mass is 229 g/mol. The summed E-state index contributed by atoms with van der Waals surface area (Å²) in [4.78, 5) is 11.5. The summed E-state index contributed by atoms with van der Waals surface area (Å²) >= 11 is -1.63. The number of hydrogen-bond acceptors (Lipinski definition) is 4. The summed E-state index contributed by atoms with van der Waals surface area (Å²) in [7, 11) is 0. The van der Waals surface area contributed by atoms with Crippen LogP contribution in [-0.2, 0) is 21.9 Å². The molecule has 0 saturated carbocycles. The highest BCUT2D eigenvalue weighted by atomic mass is 32.2. The van der Waals surface area contributed by atoms with Gasteiger partial charge in [-0.25, -0.2) is 4.21 Å². The second-order valence-electron chi connectivity index (χ2n) is 2.93. The Morgan fingerprint density at radius 3 is 2.47 bits per heavy atom. The largest absolute Gasteiger partial charge is 0.223 e.